The molecule has 0 aromatic carbocycles. The van der Waals surface area contributed by atoms with Crippen molar-refractivity contribution < 1.29 is 133 Å². The topological polar surface area (TPSA) is 427 Å². The van der Waals surface area contributed by atoms with Gasteiger partial charge in [-0.05, 0) is 100 Å². The zero-order chi connectivity index (χ0) is 65.7. The van der Waals surface area contributed by atoms with Gasteiger partial charge in [-0.3, -0.25) is 0 Å². The zero-order valence-corrected chi connectivity index (χ0v) is 52.4. The van der Waals surface area contributed by atoms with Gasteiger partial charge in [0.2, 0.25) is 0 Å². The van der Waals surface area contributed by atoms with Crippen LogP contribution in [0.4, 0.5) is 0 Å². The van der Waals surface area contributed by atoms with E-state index < -0.39 is 224 Å². The van der Waals surface area contributed by atoms with Gasteiger partial charge in [0.15, 0.2) is 37.4 Å². The largest absolute Gasteiger partial charge is 0.479 e. The van der Waals surface area contributed by atoms with E-state index in [1.54, 1.807) is 39.8 Å². The van der Waals surface area contributed by atoms with Crippen LogP contribution in [-0.2, 0) is 61.8 Å². The third-order valence-electron chi connectivity index (χ3n) is 23.0. The van der Waals surface area contributed by atoms with Gasteiger partial charge >= 0.3 is 17.9 Å². The van der Waals surface area contributed by atoms with E-state index in [-0.39, 0.29) is 30.3 Å². The van der Waals surface area contributed by atoms with E-state index >= 15 is 0 Å². The number of rotatable bonds is 15. The van der Waals surface area contributed by atoms with Gasteiger partial charge in [0.05, 0.1) is 50.2 Å². The average molecular weight is 1270 g/mol. The van der Waals surface area contributed by atoms with Crippen LogP contribution in [0.5, 0.6) is 0 Å². The van der Waals surface area contributed by atoms with Gasteiger partial charge in [0.25, 0.3) is 0 Å². The van der Waals surface area contributed by atoms with Crippen LogP contribution in [0.25, 0.3) is 0 Å². The summed E-state index contributed by atoms with van der Waals surface area (Å²) in [6.45, 7) is 17.7. The molecular weight excluding hydrogens is 1180 g/mol. The molecule has 89 heavy (non-hydrogen) atoms. The van der Waals surface area contributed by atoms with Crippen LogP contribution < -0.4 is 0 Å². The Morgan fingerprint density at radius 3 is 1.78 bits per heavy atom. The molecule has 9 aliphatic rings. The molecule has 4 aliphatic heterocycles. The summed E-state index contributed by atoms with van der Waals surface area (Å²) >= 11 is 0. The maximum Gasteiger partial charge on any atom is 0.335 e. The highest BCUT2D eigenvalue weighted by atomic mass is 16.8. The molecule has 0 aromatic heterocycles. The van der Waals surface area contributed by atoms with E-state index in [4.69, 9.17) is 47.4 Å². The van der Waals surface area contributed by atoms with Gasteiger partial charge in [-0.1, -0.05) is 72.3 Å². The van der Waals surface area contributed by atoms with Crippen LogP contribution in [0.2, 0.25) is 0 Å². The lowest BCUT2D eigenvalue weighted by molar-refractivity contribution is -0.399. The van der Waals surface area contributed by atoms with Crippen LogP contribution in [0.3, 0.4) is 0 Å². The van der Waals surface area contributed by atoms with Crippen LogP contribution in [0, 0.1) is 50.2 Å². The van der Waals surface area contributed by atoms with Gasteiger partial charge in [-0.25, -0.2) is 14.4 Å². The number of ether oxygens (including phenoxy) is 10. The number of aliphatic hydroxyl groups excluding tert-OH is 13. The number of esters is 2. The third kappa shape index (κ3) is 11.5. The standard InChI is InChI=1S/C62H96O27/c1-12-25(3)51(78)88-48-49(89-52(79)26(4)13-2)62(24-64)28(20-57(48,5)6)27-14-15-33-59(9)18-17-34(58(7,8)32(59)16-19-60(33,10)61(27,11)46(74)47(62)75)83-56-45(87-54-40(72)38(70)37(69)31(21-63)82-54)42(41(73)43(85-56)50(76)77)84-55-44(36(68)30(66)23-81-55)86-53-39(71)35(67)29(65)22-80-53/h12-14,28-49,53-56,63-75H,15-24H2,1-11H3,(H,76,77)/b25-12+,26-13+/t28?,29-,30+,31-,32?,33-,34+,35+,36+,37+,38+,39-,40-,41+,42+,43+,44-,45-,46+,47-,48+,49+,53+,54+,55+,56-,59+,60-,61+,62+/m1/s1. The summed E-state index contributed by atoms with van der Waals surface area (Å²) in [6, 6.07) is 0. The van der Waals surface area contributed by atoms with Crippen molar-refractivity contribution in [2.24, 2.45) is 50.2 Å². The first kappa shape index (κ1) is 70.1. The number of allylic oxidation sites excluding steroid dienone is 3. The van der Waals surface area contributed by atoms with Gasteiger partial charge in [-0.15, -0.1) is 0 Å². The van der Waals surface area contributed by atoms with Crippen molar-refractivity contribution in [2.75, 3.05) is 26.4 Å². The van der Waals surface area contributed by atoms with Crippen molar-refractivity contribution in [3.63, 3.8) is 0 Å². The van der Waals surface area contributed by atoms with E-state index in [2.05, 4.69) is 19.9 Å². The smallest absolute Gasteiger partial charge is 0.335 e. The lowest BCUT2D eigenvalue weighted by Crippen LogP contribution is -2.76. The van der Waals surface area contributed by atoms with E-state index in [1.165, 1.54) is 0 Å². The Morgan fingerprint density at radius 1 is 0.607 bits per heavy atom. The molecule has 2 unspecified atom stereocenters. The quantitative estimate of drug-likeness (QED) is 0.0393. The third-order valence-corrected chi connectivity index (χ3v) is 23.0. The second-order valence-corrected chi connectivity index (χ2v) is 28.4. The summed E-state index contributed by atoms with van der Waals surface area (Å²) in [4.78, 5) is 40.7. The Bertz CT molecular complexity index is 2660. The number of fused-ring (bicyclic) bond motifs is 7. The van der Waals surface area contributed by atoms with Crippen molar-refractivity contribution >= 4 is 17.9 Å². The number of hydrogen-bond acceptors (Lipinski definition) is 26. The minimum Gasteiger partial charge on any atom is -0.479 e. The van der Waals surface area contributed by atoms with Crippen molar-refractivity contribution in [3.8, 4) is 0 Å². The number of aliphatic hydroxyl groups is 13. The monoisotopic (exact) mass is 1270 g/mol. The Morgan fingerprint density at radius 2 is 1.18 bits per heavy atom. The fourth-order valence-electron chi connectivity index (χ4n) is 17.3. The molecule has 0 spiro atoms. The van der Waals surface area contributed by atoms with Crippen LogP contribution in [0.15, 0.2) is 34.9 Å². The highest BCUT2D eigenvalue weighted by molar-refractivity contribution is 5.89. The predicted molar refractivity (Wildman–Crippen MR) is 303 cm³/mol. The molecule has 8 fully saturated rings. The number of carboxylic acid groups (broad SMARTS) is 1. The fraction of sp³-hybridized carbons (Fsp3) is 0.855. The molecule has 0 amide bonds. The zero-order valence-electron chi connectivity index (χ0n) is 52.4. The molecule has 14 N–H and O–H groups in total. The molecule has 27 heteroatoms. The van der Waals surface area contributed by atoms with Gasteiger partial charge in [-0.2, -0.15) is 0 Å². The lowest BCUT2D eigenvalue weighted by atomic mass is 9.32. The Labute approximate surface area is 517 Å². The van der Waals surface area contributed by atoms with Crippen LogP contribution >= 0.6 is 0 Å². The number of aliphatic carboxylic acids is 1. The maximum absolute atomic E-state index is 13.9. The highest BCUT2D eigenvalue weighted by Crippen LogP contribution is 2.76. The summed E-state index contributed by atoms with van der Waals surface area (Å²) in [5.74, 6) is -4.23. The van der Waals surface area contributed by atoms with Gasteiger partial charge in [0.1, 0.15) is 85.5 Å². The minimum absolute atomic E-state index is 0.197. The molecule has 4 saturated heterocycles. The number of carboxylic acids is 1. The minimum atomic E-state index is -2.24. The Balaban J connectivity index is 1.05. The van der Waals surface area contributed by atoms with Crippen molar-refractivity contribution in [3.05, 3.63) is 34.9 Å². The first-order chi connectivity index (χ1) is 41.6. The van der Waals surface area contributed by atoms with Crippen molar-refractivity contribution in [1.82, 2.24) is 0 Å². The molecule has 4 saturated carbocycles. The normalized spacial score (nSPS) is 49.8. The Hall–Kier alpha value is -3.21. The summed E-state index contributed by atoms with van der Waals surface area (Å²) < 4.78 is 61.2. The molecule has 30 atom stereocenters. The molecule has 0 aromatic rings. The van der Waals surface area contributed by atoms with E-state index in [9.17, 15) is 85.9 Å². The summed E-state index contributed by atoms with van der Waals surface area (Å²) in [5.41, 5.74) is -4.71. The lowest BCUT2D eigenvalue weighted by Gasteiger charge is -2.73. The van der Waals surface area contributed by atoms with E-state index in [0.29, 0.717) is 31.3 Å². The molecule has 27 nitrogen and oxygen atoms in total. The fourth-order valence-corrected chi connectivity index (χ4v) is 17.3. The molecule has 0 radical (unpaired) electrons. The van der Waals surface area contributed by atoms with Crippen LogP contribution in [-0.4, -0.2) is 257 Å². The number of hydrogen-bond donors (Lipinski definition) is 14. The summed E-state index contributed by atoms with van der Waals surface area (Å²) in [5, 5.41) is 157. The number of carbonyl (C=O) groups excluding carboxylic acids is 2. The van der Waals surface area contributed by atoms with E-state index in [0.717, 1.165) is 5.57 Å². The van der Waals surface area contributed by atoms with Crippen molar-refractivity contribution in [2.45, 2.75) is 256 Å². The molecule has 4 heterocycles. The second-order valence-electron chi connectivity index (χ2n) is 28.4. The molecule has 5 aliphatic carbocycles. The maximum atomic E-state index is 13.9. The first-order valence-corrected chi connectivity index (χ1v) is 31.1. The van der Waals surface area contributed by atoms with E-state index in [1.807, 2.05) is 34.6 Å². The molecule has 9 rings (SSSR count). The molecular formula is C62H96O27. The molecule has 506 valence electrons. The van der Waals surface area contributed by atoms with Crippen LogP contribution in [0.1, 0.15) is 115 Å². The second kappa shape index (κ2) is 25.8. The summed E-state index contributed by atoms with van der Waals surface area (Å²) in [6.07, 6.45) is -33.0. The highest BCUT2D eigenvalue weighted by Gasteiger charge is 2.76. The number of carbonyl (C=O) groups is 3. The first-order valence-electron chi connectivity index (χ1n) is 31.1. The Kier molecular flexibility index (Phi) is 20.4. The summed E-state index contributed by atoms with van der Waals surface area (Å²) in [7, 11) is 0. The SMILES string of the molecule is C/C=C(\C)C(=O)O[C@H]1[C@H](OC(=O)/C(C)=C/C)[C@@]2(CO)C(CC1(C)C)C1=CC[C@@H]3[C@@]4(C)CC[C@H](O[C@@H]5O[C@H](C(=O)O)[C@@H](O)[C@H](O[C@@H]6OC[C@H](O)[C@H](O)[C@H]6O[C@@H]6OC[C@@H](O)[C@H](O)[C@H]6O)[C@H]5O[C@@H]5O[C@H](CO)[C@H](O)[C@H](O)[C@H]5O)C(C)(C)C4CC[C@@]3(C)[C@]1(C)[C@@H](O)[C@H]2O. The average Bonchev–Trinajstić information content (AvgIpc) is 0.677. The van der Waals surface area contributed by atoms with Gasteiger partial charge in [0, 0.05) is 22.0 Å². The van der Waals surface area contributed by atoms with Gasteiger partial charge < -0.3 is 119 Å². The van der Waals surface area contributed by atoms with Crippen molar-refractivity contribution in [1.29, 1.82) is 0 Å². The predicted octanol–water partition coefficient (Wildman–Crippen LogP) is -1.27. The molecule has 0 bridgehead atoms.